The minimum atomic E-state index is -0.416. The van der Waals surface area contributed by atoms with Crippen molar-refractivity contribution in [2.24, 2.45) is 15.9 Å². The van der Waals surface area contributed by atoms with Gasteiger partial charge in [0.05, 0.1) is 18.6 Å². The molecule has 4 rings (SSSR count). The van der Waals surface area contributed by atoms with E-state index in [9.17, 15) is 9.59 Å². The third-order valence-electron chi connectivity index (χ3n) is 4.86. The standard InChI is InChI=1S/C22H22N4O3S/c1-13(2)19-21(28)25-20-16-9-4-5-10-17(16)24-22(26(19)20)30-12-18(27)23-14-7-6-8-15(11-14)29-3/h4-11,13,19H,12H2,1-3H3,(H,23,27). The number of anilines is 1. The summed E-state index contributed by atoms with van der Waals surface area (Å²) in [5.41, 5.74) is 2.24. The first kappa shape index (κ1) is 20.2. The molecule has 8 heteroatoms. The Hall–Kier alpha value is -3.13. The molecule has 0 spiro atoms. The molecule has 1 N–H and O–H groups in total. The number of ether oxygens (including phenoxy) is 1. The zero-order chi connectivity index (χ0) is 21.3. The number of thioether (sulfide) groups is 1. The van der Waals surface area contributed by atoms with Crippen molar-refractivity contribution in [2.75, 3.05) is 18.2 Å². The highest BCUT2D eigenvalue weighted by molar-refractivity contribution is 8.14. The minimum Gasteiger partial charge on any atom is -0.497 e. The van der Waals surface area contributed by atoms with Gasteiger partial charge in [0.25, 0.3) is 5.91 Å². The van der Waals surface area contributed by atoms with Crippen LogP contribution in [0.3, 0.4) is 0 Å². The van der Waals surface area contributed by atoms with Gasteiger partial charge in [-0.1, -0.05) is 43.8 Å². The molecule has 2 aliphatic rings. The van der Waals surface area contributed by atoms with Crippen molar-refractivity contribution in [3.63, 3.8) is 0 Å². The molecule has 2 heterocycles. The van der Waals surface area contributed by atoms with E-state index in [1.165, 1.54) is 11.8 Å². The van der Waals surface area contributed by atoms with Gasteiger partial charge in [-0.2, -0.15) is 4.99 Å². The van der Waals surface area contributed by atoms with Gasteiger partial charge in [0, 0.05) is 17.3 Å². The van der Waals surface area contributed by atoms with Crippen LogP contribution < -0.4 is 10.1 Å². The number of carbonyl (C=O) groups excluding carboxylic acids is 2. The molecule has 2 aliphatic heterocycles. The van der Waals surface area contributed by atoms with Gasteiger partial charge in [-0.05, 0) is 30.2 Å². The van der Waals surface area contributed by atoms with E-state index in [0.29, 0.717) is 22.4 Å². The summed E-state index contributed by atoms with van der Waals surface area (Å²) in [4.78, 5) is 36.0. The van der Waals surface area contributed by atoms with Crippen LogP contribution in [0.5, 0.6) is 5.75 Å². The summed E-state index contributed by atoms with van der Waals surface area (Å²) in [6.07, 6.45) is 0. The lowest BCUT2D eigenvalue weighted by Crippen LogP contribution is -2.46. The topological polar surface area (TPSA) is 83.4 Å². The Bertz CT molecular complexity index is 1060. The molecule has 0 radical (unpaired) electrons. The Morgan fingerprint density at radius 1 is 1.20 bits per heavy atom. The molecule has 0 aliphatic carbocycles. The van der Waals surface area contributed by atoms with Crippen molar-refractivity contribution in [2.45, 2.75) is 19.9 Å². The number of nitrogens with zero attached hydrogens (tertiary/aromatic N) is 3. The van der Waals surface area contributed by atoms with Gasteiger partial charge in [-0.15, -0.1) is 0 Å². The fourth-order valence-electron chi connectivity index (χ4n) is 3.50. The molecule has 0 saturated heterocycles. The third-order valence-corrected chi connectivity index (χ3v) is 5.81. The number of nitrogens with one attached hydrogen (secondary N) is 1. The number of benzene rings is 2. The Morgan fingerprint density at radius 3 is 2.77 bits per heavy atom. The van der Waals surface area contributed by atoms with E-state index in [-0.39, 0.29) is 23.5 Å². The van der Waals surface area contributed by atoms with Crippen LogP contribution in [-0.4, -0.2) is 46.6 Å². The Kier molecular flexibility index (Phi) is 5.59. The maximum Gasteiger partial charge on any atom is 0.271 e. The van der Waals surface area contributed by atoms with E-state index in [1.54, 1.807) is 19.2 Å². The van der Waals surface area contributed by atoms with E-state index < -0.39 is 6.04 Å². The van der Waals surface area contributed by atoms with Crippen LogP contribution in [0.1, 0.15) is 19.4 Å². The number of amidine groups is 2. The molecule has 0 saturated carbocycles. The predicted octanol–water partition coefficient (Wildman–Crippen LogP) is 3.68. The number of hydrogen-bond acceptors (Lipinski definition) is 6. The highest BCUT2D eigenvalue weighted by Crippen LogP contribution is 2.35. The number of para-hydroxylation sites is 1. The van der Waals surface area contributed by atoms with Gasteiger partial charge in [0.1, 0.15) is 17.6 Å². The average molecular weight is 423 g/mol. The van der Waals surface area contributed by atoms with Crippen molar-refractivity contribution in [3.05, 3.63) is 54.1 Å². The van der Waals surface area contributed by atoms with Crippen LogP contribution >= 0.6 is 11.8 Å². The molecule has 2 amide bonds. The summed E-state index contributed by atoms with van der Waals surface area (Å²) in [5, 5.41) is 3.48. The number of aliphatic imine (C=N–C) groups is 2. The number of rotatable bonds is 5. The van der Waals surface area contributed by atoms with E-state index in [4.69, 9.17) is 9.73 Å². The highest BCUT2D eigenvalue weighted by Gasteiger charge is 2.43. The van der Waals surface area contributed by atoms with Crippen molar-refractivity contribution in [3.8, 4) is 5.75 Å². The van der Waals surface area contributed by atoms with Gasteiger partial charge < -0.3 is 10.1 Å². The predicted molar refractivity (Wildman–Crippen MR) is 120 cm³/mol. The Morgan fingerprint density at radius 2 is 2.00 bits per heavy atom. The lowest BCUT2D eigenvalue weighted by Gasteiger charge is -2.32. The zero-order valence-corrected chi connectivity index (χ0v) is 17.8. The van der Waals surface area contributed by atoms with Gasteiger partial charge in [-0.25, -0.2) is 4.99 Å². The summed E-state index contributed by atoms with van der Waals surface area (Å²) in [5.74, 6) is 1.15. The molecule has 1 unspecified atom stereocenters. The maximum absolute atomic E-state index is 12.6. The molecule has 0 aromatic heterocycles. The van der Waals surface area contributed by atoms with Crippen molar-refractivity contribution in [1.29, 1.82) is 0 Å². The molecule has 7 nitrogen and oxygen atoms in total. The third kappa shape index (κ3) is 3.82. The average Bonchev–Trinajstić information content (AvgIpc) is 3.09. The fourth-order valence-corrected chi connectivity index (χ4v) is 4.33. The zero-order valence-electron chi connectivity index (χ0n) is 17.0. The van der Waals surface area contributed by atoms with Crippen LogP contribution in [0.2, 0.25) is 0 Å². The lowest BCUT2D eigenvalue weighted by atomic mass is 10.0. The van der Waals surface area contributed by atoms with Crippen molar-refractivity contribution < 1.29 is 14.3 Å². The lowest BCUT2D eigenvalue weighted by molar-refractivity contribution is -0.120. The first-order valence-electron chi connectivity index (χ1n) is 9.64. The van der Waals surface area contributed by atoms with Crippen LogP contribution in [0.25, 0.3) is 0 Å². The summed E-state index contributed by atoms with van der Waals surface area (Å²) in [6.45, 7) is 3.97. The molecular formula is C22H22N4O3S. The normalized spacial score (nSPS) is 17.3. The monoisotopic (exact) mass is 422 g/mol. The molecule has 154 valence electrons. The molecule has 2 aromatic carbocycles. The highest BCUT2D eigenvalue weighted by atomic mass is 32.2. The van der Waals surface area contributed by atoms with Crippen LogP contribution in [0.4, 0.5) is 11.4 Å². The largest absolute Gasteiger partial charge is 0.497 e. The van der Waals surface area contributed by atoms with E-state index >= 15 is 0 Å². The quantitative estimate of drug-likeness (QED) is 0.795. The summed E-state index contributed by atoms with van der Waals surface area (Å²) < 4.78 is 5.19. The van der Waals surface area contributed by atoms with Crippen LogP contribution in [0.15, 0.2) is 58.5 Å². The summed E-state index contributed by atoms with van der Waals surface area (Å²) in [7, 11) is 1.58. The van der Waals surface area contributed by atoms with Crippen molar-refractivity contribution >= 4 is 46.0 Å². The number of hydrogen-bond donors (Lipinski definition) is 1. The fraction of sp³-hybridized carbons (Fsp3) is 0.273. The molecule has 0 bridgehead atoms. The first-order valence-corrected chi connectivity index (χ1v) is 10.6. The smallest absolute Gasteiger partial charge is 0.271 e. The number of methoxy groups -OCH3 is 1. The molecular weight excluding hydrogens is 400 g/mol. The van der Waals surface area contributed by atoms with Crippen LogP contribution in [0, 0.1) is 5.92 Å². The van der Waals surface area contributed by atoms with Gasteiger partial charge in [-0.3, -0.25) is 14.5 Å². The second-order valence-corrected chi connectivity index (χ2v) is 8.26. The van der Waals surface area contributed by atoms with Crippen LogP contribution in [-0.2, 0) is 9.59 Å². The minimum absolute atomic E-state index is 0.0559. The summed E-state index contributed by atoms with van der Waals surface area (Å²) >= 11 is 1.30. The van der Waals surface area contributed by atoms with Gasteiger partial charge >= 0.3 is 0 Å². The van der Waals surface area contributed by atoms with Gasteiger partial charge in [0.2, 0.25) is 5.91 Å². The Balaban J connectivity index is 1.55. The van der Waals surface area contributed by atoms with Gasteiger partial charge in [0.15, 0.2) is 5.17 Å². The van der Waals surface area contributed by atoms with Crippen molar-refractivity contribution in [1.82, 2.24) is 4.90 Å². The summed E-state index contributed by atoms with van der Waals surface area (Å²) in [6, 6.07) is 14.4. The molecule has 2 aromatic rings. The van der Waals surface area contributed by atoms with E-state index in [1.807, 2.05) is 55.1 Å². The molecule has 1 atom stereocenters. The number of carbonyl (C=O) groups is 2. The number of fused-ring (bicyclic) bond motifs is 3. The molecule has 30 heavy (non-hydrogen) atoms. The second-order valence-electron chi connectivity index (χ2n) is 7.31. The Labute approximate surface area is 179 Å². The maximum atomic E-state index is 12.6. The van der Waals surface area contributed by atoms with E-state index in [2.05, 4.69) is 10.3 Å². The molecule has 0 fully saturated rings. The number of amides is 2. The first-order chi connectivity index (χ1) is 14.5. The van der Waals surface area contributed by atoms with E-state index in [0.717, 1.165) is 11.3 Å². The second kappa shape index (κ2) is 8.31. The SMILES string of the molecule is COc1cccc(NC(=O)CSC2=Nc3ccccc3C3=NC(=O)C(C(C)C)N23)c1.